The summed E-state index contributed by atoms with van der Waals surface area (Å²) in [5, 5.41) is 0. The highest BCUT2D eigenvalue weighted by atomic mass is 31.2. The molecule has 2 rings (SSSR count). The number of rotatable bonds is 25. The summed E-state index contributed by atoms with van der Waals surface area (Å²) in [6, 6.07) is 0. The van der Waals surface area contributed by atoms with Gasteiger partial charge in [0.25, 0.3) is 0 Å². The Balaban J connectivity index is 0.00000882. The van der Waals surface area contributed by atoms with Crippen LogP contribution in [0.2, 0.25) is 0 Å². The molecular weight excluding hydrogens is 565 g/mol. The van der Waals surface area contributed by atoms with Crippen LogP contribution in [-0.2, 0) is 20.4 Å². The van der Waals surface area contributed by atoms with Gasteiger partial charge in [-0.1, -0.05) is 90.4 Å². The summed E-state index contributed by atoms with van der Waals surface area (Å²) in [4.78, 5) is 22.2. The molecule has 0 aliphatic heterocycles. The third-order valence-electron chi connectivity index (χ3n) is 7.28. The lowest BCUT2D eigenvalue weighted by Gasteiger charge is -2.19. The van der Waals surface area contributed by atoms with E-state index in [1.807, 2.05) is 0 Å². The van der Waals surface area contributed by atoms with Gasteiger partial charge in [0.1, 0.15) is 18.2 Å². The molecule has 0 radical (unpaired) electrons. The van der Waals surface area contributed by atoms with Crippen LogP contribution < -0.4 is 11.9 Å². The van der Waals surface area contributed by atoms with Gasteiger partial charge in [0.05, 0.1) is 25.6 Å². The highest BCUT2D eigenvalue weighted by Crippen LogP contribution is 2.42. The number of fused-ring (bicyclic) bond motifs is 1. The number of halogens is 2. The Labute approximate surface area is 250 Å². The number of imidazole rings is 1. The number of hydrogen-bond acceptors (Lipinski definition) is 8. The van der Waals surface area contributed by atoms with Crippen molar-refractivity contribution in [2.24, 2.45) is 0 Å². The predicted octanol–water partition coefficient (Wildman–Crippen LogP) is 8.42. The van der Waals surface area contributed by atoms with Crippen LogP contribution in [0.1, 0.15) is 123 Å². The Morgan fingerprint density at radius 3 is 2.07 bits per heavy atom. The molecule has 0 aliphatic rings. The first-order chi connectivity index (χ1) is 19.6. The SMILES string of the molecule is CCCCCCCCCCCCCCCCC(F)(F)CCCOP(=O)(O)CO[C@H](C)Cn1cnc2c(N)ncnc21.N. The van der Waals surface area contributed by atoms with Gasteiger partial charge in [-0.25, -0.2) is 23.7 Å². The normalized spacial score (nSPS) is 14.1. The van der Waals surface area contributed by atoms with Crippen molar-refractivity contribution in [1.29, 1.82) is 0 Å². The van der Waals surface area contributed by atoms with E-state index in [-0.39, 0.29) is 37.8 Å². The molecule has 0 amide bonds. The monoisotopic (exact) mass is 620 g/mol. The van der Waals surface area contributed by atoms with Gasteiger partial charge in [0, 0.05) is 12.8 Å². The summed E-state index contributed by atoms with van der Waals surface area (Å²) < 4.78 is 52.9. The number of unbranched alkanes of at least 4 members (excludes halogenated alkanes) is 13. The van der Waals surface area contributed by atoms with Gasteiger partial charge in [-0.2, -0.15) is 0 Å². The van der Waals surface area contributed by atoms with Crippen LogP contribution in [0.4, 0.5) is 14.6 Å². The Hall–Kier alpha value is -1.72. The van der Waals surface area contributed by atoms with E-state index in [0.717, 1.165) is 19.3 Å². The number of ether oxygens (including phenoxy) is 1. The lowest BCUT2D eigenvalue weighted by atomic mass is 10.0. The van der Waals surface area contributed by atoms with E-state index in [2.05, 4.69) is 21.9 Å². The molecule has 13 heteroatoms. The topological polar surface area (TPSA) is 160 Å². The summed E-state index contributed by atoms with van der Waals surface area (Å²) in [5.41, 5.74) is 6.79. The van der Waals surface area contributed by atoms with Crippen LogP contribution in [0.3, 0.4) is 0 Å². The average molecular weight is 621 g/mol. The molecule has 2 atom stereocenters. The molecule has 42 heavy (non-hydrogen) atoms. The van der Waals surface area contributed by atoms with Crippen molar-refractivity contribution < 1.29 is 27.5 Å². The molecule has 0 saturated carbocycles. The molecule has 0 spiro atoms. The number of nitrogen functional groups attached to an aromatic ring is 1. The van der Waals surface area contributed by atoms with Gasteiger partial charge in [0.15, 0.2) is 11.5 Å². The van der Waals surface area contributed by atoms with Crippen LogP contribution in [0.5, 0.6) is 0 Å². The molecule has 2 heterocycles. The lowest BCUT2D eigenvalue weighted by molar-refractivity contribution is -0.0233. The third kappa shape index (κ3) is 16.2. The number of anilines is 1. The van der Waals surface area contributed by atoms with Crippen molar-refractivity contribution in [3.8, 4) is 0 Å². The average Bonchev–Trinajstić information content (AvgIpc) is 3.34. The van der Waals surface area contributed by atoms with E-state index in [0.29, 0.717) is 24.1 Å². The van der Waals surface area contributed by atoms with E-state index in [1.54, 1.807) is 17.8 Å². The summed E-state index contributed by atoms with van der Waals surface area (Å²) >= 11 is 0. The van der Waals surface area contributed by atoms with Crippen LogP contribution in [-0.4, -0.2) is 49.4 Å². The zero-order valence-corrected chi connectivity index (χ0v) is 26.7. The van der Waals surface area contributed by atoms with Gasteiger partial charge in [0.2, 0.25) is 5.92 Å². The highest BCUT2D eigenvalue weighted by Gasteiger charge is 2.28. The van der Waals surface area contributed by atoms with Crippen molar-refractivity contribution in [1.82, 2.24) is 25.7 Å². The molecule has 0 fully saturated rings. The van der Waals surface area contributed by atoms with Crippen molar-refractivity contribution in [3.05, 3.63) is 12.7 Å². The van der Waals surface area contributed by atoms with E-state index in [9.17, 15) is 18.2 Å². The first-order valence-electron chi connectivity index (χ1n) is 15.5. The quantitative estimate of drug-likeness (QED) is 0.0731. The predicted molar refractivity (Wildman–Crippen MR) is 165 cm³/mol. The number of nitrogens with two attached hydrogens (primary N) is 1. The molecule has 0 aliphatic carbocycles. The van der Waals surface area contributed by atoms with E-state index >= 15 is 0 Å². The molecule has 1 unspecified atom stereocenters. The first-order valence-corrected chi connectivity index (χ1v) is 17.3. The van der Waals surface area contributed by atoms with Crippen molar-refractivity contribution >= 4 is 24.6 Å². The molecule has 0 aromatic carbocycles. The number of aromatic nitrogens is 4. The fraction of sp³-hybridized carbons (Fsp3) is 0.828. The van der Waals surface area contributed by atoms with Crippen LogP contribution >= 0.6 is 7.60 Å². The molecule has 0 bridgehead atoms. The Kier molecular flexibility index (Phi) is 19.2. The fourth-order valence-electron chi connectivity index (χ4n) is 4.86. The summed E-state index contributed by atoms with van der Waals surface area (Å²) in [6.45, 7) is 4.07. The van der Waals surface area contributed by atoms with Gasteiger partial charge in [-0.05, 0) is 19.8 Å². The van der Waals surface area contributed by atoms with Crippen molar-refractivity contribution in [3.63, 3.8) is 0 Å². The van der Waals surface area contributed by atoms with E-state index in [4.69, 9.17) is 15.0 Å². The number of nitrogens with zero attached hydrogens (tertiary/aromatic N) is 4. The highest BCUT2D eigenvalue weighted by molar-refractivity contribution is 7.52. The van der Waals surface area contributed by atoms with Crippen LogP contribution in [0.15, 0.2) is 12.7 Å². The second kappa shape index (κ2) is 21.1. The molecule has 2 aromatic heterocycles. The summed E-state index contributed by atoms with van der Waals surface area (Å²) in [5.74, 6) is -2.52. The Morgan fingerprint density at radius 1 is 0.929 bits per heavy atom. The molecule has 244 valence electrons. The molecule has 6 N–H and O–H groups in total. The standard InChI is InChI=1S/C29H52F2N5O4P.H3N/c1-3-4-5-6-7-8-9-10-11-12-13-14-15-16-18-29(30,31)19-17-20-40-41(37,38)24-39-25(2)21-36-23-35-26-27(32)33-22-34-28(26)36;/h22-23,25H,3-21,24H2,1-2H3,(H,37,38)(H2,32,33,34);1H3/t25-;/m1./s1. The molecule has 0 saturated heterocycles. The van der Waals surface area contributed by atoms with Gasteiger partial charge >= 0.3 is 7.60 Å². The lowest BCUT2D eigenvalue weighted by Crippen LogP contribution is -2.18. The van der Waals surface area contributed by atoms with Crippen LogP contribution in [0, 0.1) is 0 Å². The van der Waals surface area contributed by atoms with E-state index in [1.165, 1.54) is 70.5 Å². The smallest absolute Gasteiger partial charge is 0.353 e. The van der Waals surface area contributed by atoms with E-state index < -0.39 is 26.0 Å². The van der Waals surface area contributed by atoms with Gasteiger partial charge in [-0.3, -0.25) is 4.57 Å². The van der Waals surface area contributed by atoms with Crippen molar-refractivity contribution in [2.75, 3.05) is 18.7 Å². The fourth-order valence-corrected chi connectivity index (χ4v) is 5.79. The third-order valence-corrected chi connectivity index (χ3v) is 8.34. The van der Waals surface area contributed by atoms with Gasteiger partial charge < -0.3 is 30.6 Å². The molecule has 10 nitrogen and oxygen atoms in total. The number of hydrogen-bond donors (Lipinski definition) is 3. The zero-order valence-electron chi connectivity index (χ0n) is 25.8. The minimum absolute atomic E-state index is 0. The summed E-state index contributed by atoms with van der Waals surface area (Å²) in [7, 11) is -4.06. The first kappa shape index (κ1) is 38.3. The number of alkyl halides is 2. The van der Waals surface area contributed by atoms with Crippen molar-refractivity contribution in [2.45, 2.75) is 142 Å². The molecular formula is C29H55F2N6O4P. The van der Waals surface area contributed by atoms with Crippen LogP contribution in [0.25, 0.3) is 11.2 Å². The van der Waals surface area contributed by atoms with Gasteiger partial charge in [-0.15, -0.1) is 0 Å². The maximum atomic E-state index is 14.2. The minimum Gasteiger partial charge on any atom is -0.382 e. The molecule has 2 aromatic rings. The Morgan fingerprint density at radius 2 is 1.48 bits per heavy atom. The second-order valence-corrected chi connectivity index (χ2v) is 13.0. The summed E-state index contributed by atoms with van der Waals surface area (Å²) in [6.07, 6.45) is 17.9. The zero-order chi connectivity index (χ0) is 30.0. The second-order valence-electron chi connectivity index (χ2n) is 11.2. The Bertz CT molecular complexity index is 1030. The largest absolute Gasteiger partial charge is 0.382 e. The maximum absolute atomic E-state index is 14.2. The minimum atomic E-state index is -4.06. The maximum Gasteiger partial charge on any atom is 0.353 e.